The summed E-state index contributed by atoms with van der Waals surface area (Å²) in [6.07, 6.45) is 3.16. The molecule has 0 saturated carbocycles. The average Bonchev–Trinajstić information content (AvgIpc) is 3.27. The molecule has 0 radical (unpaired) electrons. The van der Waals surface area contributed by atoms with E-state index >= 15 is 0 Å². The third-order valence-electron chi connectivity index (χ3n) is 5.18. The molecule has 0 bridgehead atoms. The molecule has 0 spiro atoms. The van der Waals surface area contributed by atoms with Gasteiger partial charge in [0.25, 0.3) is 5.56 Å². The predicted octanol–water partition coefficient (Wildman–Crippen LogP) is 3.08. The lowest BCUT2D eigenvalue weighted by Crippen LogP contribution is -2.25. The van der Waals surface area contributed by atoms with Gasteiger partial charge in [0.15, 0.2) is 0 Å². The van der Waals surface area contributed by atoms with Gasteiger partial charge >= 0.3 is 0 Å². The Kier molecular flexibility index (Phi) is 6.55. The minimum Gasteiger partial charge on any atom is -0.351 e. The maximum atomic E-state index is 12.5. The largest absolute Gasteiger partial charge is 0.351 e. The van der Waals surface area contributed by atoms with E-state index in [-0.39, 0.29) is 11.5 Å². The molecule has 0 aliphatic heterocycles. The van der Waals surface area contributed by atoms with Gasteiger partial charge in [0.05, 0.1) is 16.9 Å². The maximum Gasteiger partial charge on any atom is 0.259 e. The number of nitrogens with zero attached hydrogens (tertiary/aromatic N) is 2. The van der Waals surface area contributed by atoms with E-state index in [4.69, 9.17) is 0 Å². The second-order valence-electron chi connectivity index (χ2n) is 7.83. The van der Waals surface area contributed by atoms with E-state index in [1.54, 1.807) is 11.3 Å². The van der Waals surface area contributed by atoms with Crippen molar-refractivity contribution in [2.45, 2.75) is 38.1 Å². The Labute approximate surface area is 184 Å². The van der Waals surface area contributed by atoms with Crippen molar-refractivity contribution in [3.05, 3.63) is 62.0 Å². The van der Waals surface area contributed by atoms with Gasteiger partial charge in [-0.15, -0.1) is 23.1 Å². The van der Waals surface area contributed by atoms with E-state index in [1.165, 1.54) is 27.8 Å². The zero-order valence-corrected chi connectivity index (χ0v) is 18.9. The summed E-state index contributed by atoms with van der Waals surface area (Å²) < 4.78 is 0. The minimum absolute atomic E-state index is 0.0156. The summed E-state index contributed by atoms with van der Waals surface area (Å²) in [4.78, 5) is 36.6. The van der Waals surface area contributed by atoms with Crippen molar-refractivity contribution in [3.8, 4) is 0 Å². The fourth-order valence-corrected chi connectivity index (χ4v) is 5.83. The number of fused-ring (bicyclic) bond motifs is 3. The number of aryl methyl sites for hydroxylation is 2. The van der Waals surface area contributed by atoms with Crippen molar-refractivity contribution in [2.24, 2.45) is 0 Å². The normalized spacial score (nSPS) is 13.2. The van der Waals surface area contributed by atoms with Gasteiger partial charge in [-0.2, -0.15) is 0 Å². The van der Waals surface area contributed by atoms with Crippen LogP contribution in [0.15, 0.2) is 29.1 Å². The summed E-state index contributed by atoms with van der Waals surface area (Å²) in [6, 6.07) is 8.16. The first kappa shape index (κ1) is 21.1. The highest BCUT2D eigenvalue weighted by atomic mass is 32.2. The number of benzene rings is 1. The molecule has 30 heavy (non-hydrogen) atoms. The van der Waals surface area contributed by atoms with Gasteiger partial charge in [-0.3, -0.25) is 9.59 Å². The Morgan fingerprint density at radius 1 is 1.27 bits per heavy atom. The van der Waals surface area contributed by atoms with Gasteiger partial charge in [0, 0.05) is 18.0 Å². The van der Waals surface area contributed by atoms with Crippen LogP contribution in [-0.2, 0) is 36.5 Å². The summed E-state index contributed by atoms with van der Waals surface area (Å²) >= 11 is 3.11. The minimum atomic E-state index is -0.0445. The molecule has 8 heteroatoms. The van der Waals surface area contributed by atoms with Gasteiger partial charge in [0.2, 0.25) is 5.91 Å². The Hall–Kier alpha value is -2.16. The topological polar surface area (TPSA) is 78.1 Å². The van der Waals surface area contributed by atoms with E-state index in [9.17, 15) is 9.59 Å². The Morgan fingerprint density at radius 3 is 2.87 bits per heavy atom. The predicted molar refractivity (Wildman–Crippen MR) is 124 cm³/mol. The quantitative estimate of drug-likeness (QED) is 0.561. The van der Waals surface area contributed by atoms with Gasteiger partial charge in [0.1, 0.15) is 10.7 Å². The molecular weight excluding hydrogens is 416 g/mol. The van der Waals surface area contributed by atoms with Gasteiger partial charge in [-0.25, -0.2) is 4.98 Å². The summed E-state index contributed by atoms with van der Waals surface area (Å²) in [6.45, 7) is 1.36. The summed E-state index contributed by atoms with van der Waals surface area (Å²) in [7, 11) is 4.07. The first-order valence-electron chi connectivity index (χ1n) is 10.1. The van der Waals surface area contributed by atoms with E-state index < -0.39 is 0 Å². The third-order valence-corrected chi connectivity index (χ3v) is 7.31. The SMILES string of the molecule is CN(C)Cc1ccccc1CNC(=O)CSCc1nc2sc3c(c2c(=O)[nH]1)CCC3. The number of nitrogens with one attached hydrogen (secondary N) is 2. The molecule has 4 rings (SSSR count). The lowest BCUT2D eigenvalue weighted by molar-refractivity contribution is -0.118. The fraction of sp³-hybridized carbons (Fsp3) is 0.409. The first-order valence-corrected chi connectivity index (χ1v) is 12.1. The molecule has 2 N–H and O–H groups in total. The third kappa shape index (κ3) is 4.77. The second kappa shape index (κ2) is 9.32. The molecule has 0 saturated heterocycles. The zero-order valence-electron chi connectivity index (χ0n) is 17.3. The number of carbonyl (C=O) groups is 1. The molecule has 1 amide bonds. The summed E-state index contributed by atoms with van der Waals surface area (Å²) in [5, 5.41) is 3.77. The molecule has 2 aromatic heterocycles. The lowest BCUT2D eigenvalue weighted by atomic mass is 10.1. The van der Waals surface area contributed by atoms with Gasteiger partial charge in [-0.05, 0) is 50.0 Å². The number of carbonyl (C=O) groups excluding carboxylic acids is 1. The van der Waals surface area contributed by atoms with E-state index in [2.05, 4.69) is 32.3 Å². The molecule has 0 atom stereocenters. The number of H-pyrrole nitrogens is 1. The van der Waals surface area contributed by atoms with Crippen molar-refractivity contribution in [1.29, 1.82) is 0 Å². The molecular formula is C22H26N4O2S2. The molecule has 158 valence electrons. The van der Waals surface area contributed by atoms with Crippen LogP contribution in [0.3, 0.4) is 0 Å². The first-order chi connectivity index (χ1) is 14.5. The van der Waals surface area contributed by atoms with Crippen LogP contribution in [-0.4, -0.2) is 40.6 Å². The monoisotopic (exact) mass is 442 g/mol. The van der Waals surface area contributed by atoms with Gasteiger partial charge in [-0.1, -0.05) is 24.3 Å². The summed E-state index contributed by atoms with van der Waals surface area (Å²) in [5.41, 5.74) is 3.49. The second-order valence-corrected chi connectivity index (χ2v) is 9.90. The number of hydrogen-bond acceptors (Lipinski definition) is 6. The van der Waals surface area contributed by atoms with Gasteiger partial charge < -0.3 is 15.2 Å². The zero-order chi connectivity index (χ0) is 21.1. The van der Waals surface area contributed by atoms with Crippen molar-refractivity contribution >= 4 is 39.2 Å². The Balaban J connectivity index is 1.31. The van der Waals surface area contributed by atoms with E-state index in [0.29, 0.717) is 23.9 Å². The average molecular weight is 443 g/mol. The highest BCUT2D eigenvalue weighted by molar-refractivity contribution is 7.99. The number of rotatable bonds is 8. The number of hydrogen-bond donors (Lipinski definition) is 2. The Bertz CT molecular complexity index is 1120. The van der Waals surface area contributed by atoms with Crippen molar-refractivity contribution < 1.29 is 4.79 Å². The highest BCUT2D eigenvalue weighted by Crippen LogP contribution is 2.34. The molecule has 1 aliphatic rings. The maximum absolute atomic E-state index is 12.5. The lowest BCUT2D eigenvalue weighted by Gasteiger charge is -2.14. The molecule has 6 nitrogen and oxygen atoms in total. The summed E-state index contributed by atoms with van der Waals surface area (Å²) in [5.74, 6) is 1.47. The number of aromatic amines is 1. The van der Waals surface area contributed by atoms with Crippen molar-refractivity contribution in [2.75, 3.05) is 19.8 Å². The smallest absolute Gasteiger partial charge is 0.259 e. The molecule has 1 aromatic carbocycles. The Morgan fingerprint density at radius 2 is 2.07 bits per heavy atom. The van der Waals surface area contributed by atoms with Crippen LogP contribution in [0.5, 0.6) is 0 Å². The molecule has 0 fully saturated rings. The number of thioether (sulfide) groups is 1. The van der Waals surface area contributed by atoms with Crippen LogP contribution in [0.2, 0.25) is 0 Å². The molecule has 0 unspecified atom stereocenters. The van der Waals surface area contributed by atoms with E-state index in [0.717, 1.165) is 41.6 Å². The van der Waals surface area contributed by atoms with Crippen LogP contribution in [0.4, 0.5) is 0 Å². The number of aromatic nitrogens is 2. The molecule has 1 aliphatic carbocycles. The van der Waals surface area contributed by atoms with Crippen LogP contribution in [0.1, 0.15) is 33.8 Å². The molecule has 2 heterocycles. The number of thiophene rings is 1. The number of amides is 1. The molecule has 3 aromatic rings. The van der Waals surface area contributed by atoms with E-state index in [1.807, 2.05) is 26.2 Å². The van der Waals surface area contributed by atoms with Crippen LogP contribution in [0.25, 0.3) is 10.2 Å². The standard InChI is InChI=1S/C22H26N4O2S2/c1-26(2)11-15-7-4-3-6-14(15)10-23-19(27)13-29-12-18-24-21(28)20-16-8-5-9-17(16)30-22(20)25-18/h3-4,6-7H,5,8-13H2,1-2H3,(H,23,27)(H,24,25,28). The van der Waals surface area contributed by atoms with Crippen LogP contribution in [0, 0.1) is 0 Å². The van der Waals surface area contributed by atoms with Crippen LogP contribution < -0.4 is 10.9 Å². The van der Waals surface area contributed by atoms with Crippen molar-refractivity contribution in [1.82, 2.24) is 20.2 Å². The van der Waals surface area contributed by atoms with Crippen molar-refractivity contribution in [3.63, 3.8) is 0 Å². The van der Waals surface area contributed by atoms with Crippen LogP contribution >= 0.6 is 23.1 Å². The fourth-order valence-electron chi connectivity index (χ4n) is 3.83. The highest BCUT2D eigenvalue weighted by Gasteiger charge is 2.21.